The molecule has 0 saturated carbocycles. The number of hydrogen-bond acceptors (Lipinski definition) is 5. The van der Waals surface area contributed by atoms with E-state index in [-0.39, 0.29) is 16.6 Å². The largest absolute Gasteiger partial charge is 0.346 e. The van der Waals surface area contributed by atoms with Crippen molar-refractivity contribution < 1.29 is 13.2 Å². The number of para-hydroxylation sites is 1. The van der Waals surface area contributed by atoms with Gasteiger partial charge in [0.1, 0.15) is 5.01 Å². The van der Waals surface area contributed by atoms with E-state index < -0.39 is 9.84 Å². The summed E-state index contributed by atoms with van der Waals surface area (Å²) in [6.45, 7) is 0.324. The molecule has 5 nitrogen and oxygen atoms in total. The first-order chi connectivity index (χ1) is 14.0. The van der Waals surface area contributed by atoms with Crippen LogP contribution >= 0.6 is 11.3 Å². The van der Waals surface area contributed by atoms with Gasteiger partial charge in [-0.1, -0.05) is 42.5 Å². The maximum Gasteiger partial charge on any atom is 0.251 e. The highest BCUT2D eigenvalue weighted by Crippen LogP contribution is 2.21. The SMILES string of the molecule is O=C(NCc1nc2ccccc2s1)c1cccc(CS(=O)(=O)c2ccccc2)c1. The number of nitrogens with zero attached hydrogens (tertiary/aromatic N) is 1. The van der Waals surface area contributed by atoms with E-state index in [4.69, 9.17) is 0 Å². The van der Waals surface area contributed by atoms with Crippen molar-refractivity contribution >= 4 is 37.3 Å². The molecular weight excluding hydrogens is 404 g/mol. The lowest BCUT2D eigenvalue weighted by Gasteiger charge is -2.07. The molecule has 0 saturated heterocycles. The van der Waals surface area contributed by atoms with Gasteiger partial charge in [-0.05, 0) is 42.0 Å². The molecule has 3 aromatic carbocycles. The van der Waals surface area contributed by atoms with Crippen molar-refractivity contribution in [3.63, 3.8) is 0 Å². The summed E-state index contributed by atoms with van der Waals surface area (Å²) in [5, 5.41) is 3.68. The third kappa shape index (κ3) is 4.52. The highest BCUT2D eigenvalue weighted by Gasteiger charge is 2.16. The Morgan fingerprint density at radius 2 is 1.69 bits per heavy atom. The molecule has 0 radical (unpaired) electrons. The van der Waals surface area contributed by atoms with Crippen LogP contribution in [0.4, 0.5) is 0 Å². The Bertz CT molecular complexity index is 1230. The molecule has 0 fully saturated rings. The normalized spacial score (nSPS) is 11.4. The van der Waals surface area contributed by atoms with Crippen LogP contribution in [0, 0.1) is 0 Å². The van der Waals surface area contributed by atoms with E-state index in [2.05, 4.69) is 10.3 Å². The summed E-state index contributed by atoms with van der Waals surface area (Å²) >= 11 is 1.54. The van der Waals surface area contributed by atoms with Crippen molar-refractivity contribution in [3.05, 3.63) is 95.0 Å². The summed E-state index contributed by atoms with van der Waals surface area (Å²) in [4.78, 5) is 17.3. The first kappa shape index (κ1) is 19.3. The number of thiazole rings is 1. The van der Waals surface area contributed by atoms with Crippen LogP contribution in [-0.2, 0) is 22.1 Å². The van der Waals surface area contributed by atoms with Gasteiger partial charge in [-0.15, -0.1) is 11.3 Å². The monoisotopic (exact) mass is 422 g/mol. The predicted octanol–water partition coefficient (Wildman–Crippen LogP) is 4.20. The van der Waals surface area contributed by atoms with E-state index in [0.717, 1.165) is 15.2 Å². The minimum absolute atomic E-state index is 0.157. The second-order valence-corrected chi connectivity index (χ2v) is 9.64. The molecule has 146 valence electrons. The number of aromatic nitrogens is 1. The highest BCUT2D eigenvalue weighted by atomic mass is 32.2. The summed E-state index contributed by atoms with van der Waals surface area (Å²) in [7, 11) is -3.47. The Morgan fingerprint density at radius 1 is 0.931 bits per heavy atom. The van der Waals surface area contributed by atoms with E-state index in [1.54, 1.807) is 54.6 Å². The van der Waals surface area contributed by atoms with Crippen molar-refractivity contribution in [2.24, 2.45) is 0 Å². The maximum absolute atomic E-state index is 12.6. The lowest BCUT2D eigenvalue weighted by molar-refractivity contribution is 0.0950. The van der Waals surface area contributed by atoms with Crippen molar-refractivity contribution in [1.82, 2.24) is 10.3 Å². The van der Waals surface area contributed by atoms with Gasteiger partial charge in [0.05, 0.1) is 27.4 Å². The third-order valence-corrected chi connectivity index (χ3v) is 7.13. The molecule has 1 amide bonds. The number of sulfone groups is 1. The van der Waals surface area contributed by atoms with Gasteiger partial charge in [0.15, 0.2) is 9.84 Å². The molecule has 1 heterocycles. The van der Waals surface area contributed by atoms with Crippen molar-refractivity contribution in [3.8, 4) is 0 Å². The zero-order chi connectivity index (χ0) is 20.3. The lowest BCUT2D eigenvalue weighted by Crippen LogP contribution is -2.22. The number of carbonyl (C=O) groups is 1. The molecule has 1 aromatic heterocycles. The maximum atomic E-state index is 12.6. The van der Waals surface area contributed by atoms with Gasteiger partial charge in [-0.3, -0.25) is 4.79 Å². The lowest BCUT2D eigenvalue weighted by atomic mass is 10.1. The first-order valence-electron chi connectivity index (χ1n) is 9.01. The van der Waals surface area contributed by atoms with Crippen molar-refractivity contribution in [2.45, 2.75) is 17.2 Å². The van der Waals surface area contributed by atoms with E-state index in [1.807, 2.05) is 24.3 Å². The number of hydrogen-bond donors (Lipinski definition) is 1. The standard InChI is InChI=1S/C22H18N2O3S2/c25-22(23-14-21-24-19-11-4-5-12-20(19)28-21)17-8-6-7-16(13-17)15-29(26,27)18-9-2-1-3-10-18/h1-13H,14-15H2,(H,23,25). The van der Waals surface area contributed by atoms with Crippen LogP contribution in [0.25, 0.3) is 10.2 Å². The number of rotatable bonds is 6. The van der Waals surface area contributed by atoms with Gasteiger partial charge in [-0.2, -0.15) is 0 Å². The molecule has 0 aliphatic heterocycles. The van der Waals surface area contributed by atoms with E-state index in [9.17, 15) is 13.2 Å². The minimum Gasteiger partial charge on any atom is -0.346 e. The molecule has 0 aliphatic rings. The second kappa shape index (κ2) is 8.14. The fourth-order valence-electron chi connectivity index (χ4n) is 2.99. The van der Waals surface area contributed by atoms with Gasteiger partial charge in [0.2, 0.25) is 0 Å². The average Bonchev–Trinajstić information content (AvgIpc) is 3.15. The fourth-order valence-corrected chi connectivity index (χ4v) is 5.25. The second-order valence-electron chi connectivity index (χ2n) is 6.53. The number of benzene rings is 3. The quantitative estimate of drug-likeness (QED) is 0.505. The van der Waals surface area contributed by atoms with Gasteiger partial charge in [-0.25, -0.2) is 13.4 Å². The Hall–Kier alpha value is -3.03. The van der Waals surface area contributed by atoms with Crippen LogP contribution in [0.3, 0.4) is 0 Å². The Kier molecular flexibility index (Phi) is 5.42. The van der Waals surface area contributed by atoms with Crippen LogP contribution in [0.5, 0.6) is 0 Å². The molecule has 7 heteroatoms. The fraction of sp³-hybridized carbons (Fsp3) is 0.0909. The van der Waals surface area contributed by atoms with Crippen LogP contribution in [0.1, 0.15) is 20.9 Å². The number of nitrogens with one attached hydrogen (secondary N) is 1. The molecule has 1 N–H and O–H groups in total. The first-order valence-corrected chi connectivity index (χ1v) is 11.5. The Balaban J connectivity index is 1.45. The Morgan fingerprint density at radius 3 is 2.48 bits per heavy atom. The molecule has 0 aliphatic carbocycles. The molecule has 0 unspecified atom stereocenters. The smallest absolute Gasteiger partial charge is 0.251 e. The molecule has 0 atom stereocenters. The molecule has 4 rings (SSSR count). The Labute approximate surface area is 173 Å². The van der Waals surface area contributed by atoms with Crippen LogP contribution in [0.2, 0.25) is 0 Å². The zero-order valence-corrected chi connectivity index (χ0v) is 17.0. The summed E-state index contributed by atoms with van der Waals surface area (Å²) in [5.74, 6) is -0.418. The molecule has 0 spiro atoms. The van der Waals surface area contributed by atoms with Gasteiger partial charge in [0, 0.05) is 5.56 Å². The number of amides is 1. The van der Waals surface area contributed by atoms with Crippen LogP contribution in [-0.4, -0.2) is 19.3 Å². The zero-order valence-electron chi connectivity index (χ0n) is 15.4. The summed E-state index contributed by atoms with van der Waals surface area (Å²) < 4.78 is 26.2. The number of carbonyl (C=O) groups excluding carboxylic acids is 1. The third-order valence-electron chi connectivity index (χ3n) is 4.39. The summed E-state index contributed by atoms with van der Waals surface area (Å²) in [6, 6.07) is 22.8. The van der Waals surface area contributed by atoms with Crippen LogP contribution in [0.15, 0.2) is 83.8 Å². The summed E-state index contributed by atoms with van der Waals surface area (Å²) in [5.41, 5.74) is 1.91. The van der Waals surface area contributed by atoms with E-state index in [1.165, 1.54) is 11.3 Å². The summed E-state index contributed by atoms with van der Waals surface area (Å²) in [6.07, 6.45) is 0. The highest BCUT2D eigenvalue weighted by molar-refractivity contribution is 7.90. The minimum atomic E-state index is -3.47. The average molecular weight is 423 g/mol. The van der Waals surface area contributed by atoms with Gasteiger partial charge < -0.3 is 5.32 Å². The topological polar surface area (TPSA) is 76.1 Å². The predicted molar refractivity (Wildman–Crippen MR) is 115 cm³/mol. The van der Waals surface area contributed by atoms with Crippen molar-refractivity contribution in [2.75, 3.05) is 0 Å². The van der Waals surface area contributed by atoms with Crippen LogP contribution < -0.4 is 5.32 Å². The number of fused-ring (bicyclic) bond motifs is 1. The van der Waals surface area contributed by atoms with Gasteiger partial charge >= 0.3 is 0 Å². The van der Waals surface area contributed by atoms with E-state index in [0.29, 0.717) is 17.7 Å². The van der Waals surface area contributed by atoms with Gasteiger partial charge in [0.25, 0.3) is 5.91 Å². The van der Waals surface area contributed by atoms with Crippen molar-refractivity contribution in [1.29, 1.82) is 0 Å². The van der Waals surface area contributed by atoms with E-state index >= 15 is 0 Å². The molecule has 29 heavy (non-hydrogen) atoms. The molecule has 4 aromatic rings. The molecule has 0 bridgehead atoms. The molecular formula is C22H18N2O3S2.